The van der Waals surface area contributed by atoms with Gasteiger partial charge in [0, 0.05) is 74.0 Å². The number of aromatic nitrogens is 4. The van der Waals surface area contributed by atoms with Crippen LogP contribution in [0.4, 0.5) is 27.8 Å². The van der Waals surface area contributed by atoms with Gasteiger partial charge in [-0.05, 0) is 56.3 Å². The van der Waals surface area contributed by atoms with Gasteiger partial charge < -0.3 is 9.80 Å². The molecule has 0 amide bonds. The Morgan fingerprint density at radius 1 is 0.625 bits per heavy atom. The molecule has 6 nitrogen and oxygen atoms in total. The molecular formula is C35H27Cl2F5N6. The van der Waals surface area contributed by atoms with Gasteiger partial charge in [0.25, 0.3) is 0 Å². The van der Waals surface area contributed by atoms with E-state index in [1.165, 1.54) is 24.4 Å². The van der Waals surface area contributed by atoms with Crippen LogP contribution in [0.1, 0.15) is 11.1 Å². The van der Waals surface area contributed by atoms with Crippen molar-refractivity contribution in [3.05, 3.63) is 111 Å². The molecule has 2 aromatic carbocycles. The molecule has 48 heavy (non-hydrogen) atoms. The van der Waals surface area contributed by atoms with Gasteiger partial charge in [0.15, 0.2) is 0 Å². The van der Waals surface area contributed by atoms with Crippen LogP contribution in [0.5, 0.6) is 0 Å². The molecule has 7 rings (SSSR count). The van der Waals surface area contributed by atoms with Crippen molar-refractivity contribution in [3.63, 3.8) is 0 Å². The second kappa shape index (κ2) is 13.6. The zero-order valence-corrected chi connectivity index (χ0v) is 27.4. The van der Waals surface area contributed by atoms with E-state index in [0.717, 1.165) is 55.8 Å². The van der Waals surface area contributed by atoms with Crippen LogP contribution in [0.15, 0.2) is 60.9 Å². The molecule has 0 unspecified atom stereocenters. The van der Waals surface area contributed by atoms with Crippen molar-refractivity contribution in [2.45, 2.75) is 13.8 Å². The monoisotopic (exact) mass is 696 g/mol. The molecule has 5 heterocycles. The van der Waals surface area contributed by atoms with Gasteiger partial charge in [-0.15, -0.1) is 0 Å². The van der Waals surface area contributed by atoms with E-state index in [4.69, 9.17) is 23.2 Å². The SMILES string of the molecule is Cc1c(-c2ccc(F)nc2)nc2cc(F)cc(F)c2c1Cl.Cc1c(-c2ccc(N3CCN(C)CC3)nc2)nc2cc(F)cc(F)c2c1Cl. The summed E-state index contributed by atoms with van der Waals surface area (Å²) >= 11 is 12.5. The van der Waals surface area contributed by atoms with Crippen molar-refractivity contribution in [2.24, 2.45) is 0 Å². The van der Waals surface area contributed by atoms with Gasteiger partial charge in [0.05, 0.1) is 43.2 Å². The minimum Gasteiger partial charge on any atom is -0.354 e. The molecule has 4 aromatic heterocycles. The first-order valence-corrected chi connectivity index (χ1v) is 15.6. The molecule has 0 aliphatic carbocycles. The molecule has 0 spiro atoms. The number of likely N-dealkylation sites (N-methyl/N-ethyl adjacent to an activating group) is 1. The zero-order chi connectivity index (χ0) is 34.3. The molecule has 0 saturated carbocycles. The van der Waals surface area contributed by atoms with Gasteiger partial charge in [-0.3, -0.25) is 0 Å². The van der Waals surface area contributed by atoms with Crippen molar-refractivity contribution >= 4 is 50.8 Å². The zero-order valence-electron chi connectivity index (χ0n) is 25.9. The van der Waals surface area contributed by atoms with E-state index in [2.05, 4.69) is 36.8 Å². The number of anilines is 1. The predicted octanol–water partition coefficient (Wildman–Crippen LogP) is 8.96. The van der Waals surface area contributed by atoms with Crippen molar-refractivity contribution in [2.75, 3.05) is 38.1 Å². The number of hydrogen-bond donors (Lipinski definition) is 0. The standard InChI is InChI=1S/C20H19ClF2N4.C15H8ClF3N2/c1-12-19(21)18-15(23)9-14(22)10-16(18)25-20(12)13-3-4-17(24-11-13)27-7-5-26(2)6-8-27;1-7-14(16)13-10(18)4-9(17)5-11(13)21-15(7)8-2-3-12(19)20-6-8/h3-4,9-11H,5-8H2,1-2H3;2-6H,1H3. The first-order chi connectivity index (χ1) is 22.9. The smallest absolute Gasteiger partial charge is 0.212 e. The van der Waals surface area contributed by atoms with Crippen molar-refractivity contribution in [1.29, 1.82) is 0 Å². The lowest BCUT2D eigenvalue weighted by molar-refractivity contribution is 0.312. The number of hydrogen-bond acceptors (Lipinski definition) is 6. The largest absolute Gasteiger partial charge is 0.354 e. The van der Waals surface area contributed by atoms with Gasteiger partial charge in [0.2, 0.25) is 5.95 Å². The Morgan fingerprint density at radius 3 is 1.54 bits per heavy atom. The molecule has 0 atom stereocenters. The number of benzene rings is 2. The van der Waals surface area contributed by atoms with E-state index in [1.54, 1.807) is 20.0 Å². The van der Waals surface area contributed by atoms with E-state index in [1.807, 2.05) is 12.1 Å². The summed E-state index contributed by atoms with van der Waals surface area (Å²) in [6.07, 6.45) is 3.03. The van der Waals surface area contributed by atoms with Gasteiger partial charge in [-0.25, -0.2) is 37.5 Å². The summed E-state index contributed by atoms with van der Waals surface area (Å²) in [7, 11) is 2.11. The molecule has 0 bridgehead atoms. The number of rotatable bonds is 3. The molecule has 246 valence electrons. The number of halogens is 7. The van der Waals surface area contributed by atoms with Crippen molar-refractivity contribution in [3.8, 4) is 22.5 Å². The number of pyridine rings is 4. The van der Waals surface area contributed by atoms with E-state index >= 15 is 0 Å². The number of piperazine rings is 1. The summed E-state index contributed by atoms with van der Waals surface area (Å²) in [5.41, 5.74) is 3.72. The van der Waals surface area contributed by atoms with Gasteiger partial charge in [-0.1, -0.05) is 23.2 Å². The highest BCUT2D eigenvalue weighted by molar-refractivity contribution is 6.37. The summed E-state index contributed by atoms with van der Waals surface area (Å²) in [6, 6.07) is 10.4. The molecular weight excluding hydrogens is 670 g/mol. The second-order valence-electron chi connectivity index (χ2n) is 11.4. The van der Waals surface area contributed by atoms with Crippen LogP contribution in [0.3, 0.4) is 0 Å². The number of fused-ring (bicyclic) bond motifs is 2. The highest BCUT2D eigenvalue weighted by Gasteiger charge is 2.19. The summed E-state index contributed by atoms with van der Waals surface area (Å²) in [6.45, 7) is 7.31. The van der Waals surface area contributed by atoms with Crippen molar-refractivity contribution < 1.29 is 22.0 Å². The predicted molar refractivity (Wildman–Crippen MR) is 179 cm³/mol. The van der Waals surface area contributed by atoms with Crippen LogP contribution in [0, 0.1) is 43.1 Å². The van der Waals surface area contributed by atoms with Crippen LogP contribution < -0.4 is 4.90 Å². The highest BCUT2D eigenvalue weighted by atomic mass is 35.5. The molecule has 6 aromatic rings. The maximum Gasteiger partial charge on any atom is 0.212 e. The lowest BCUT2D eigenvalue weighted by Gasteiger charge is -2.33. The van der Waals surface area contributed by atoms with E-state index < -0.39 is 29.2 Å². The lowest BCUT2D eigenvalue weighted by Crippen LogP contribution is -2.44. The van der Waals surface area contributed by atoms with E-state index in [9.17, 15) is 22.0 Å². The summed E-state index contributed by atoms with van der Waals surface area (Å²) in [5, 5.41) is 0.600. The van der Waals surface area contributed by atoms with Gasteiger partial charge >= 0.3 is 0 Å². The minimum atomic E-state index is -0.769. The molecule has 0 N–H and O–H groups in total. The second-order valence-corrected chi connectivity index (χ2v) is 12.2. The molecule has 1 aliphatic heterocycles. The first-order valence-electron chi connectivity index (χ1n) is 14.8. The van der Waals surface area contributed by atoms with Crippen LogP contribution in [0.2, 0.25) is 10.0 Å². The Labute approximate surface area is 282 Å². The van der Waals surface area contributed by atoms with Gasteiger partial charge in [0.1, 0.15) is 29.1 Å². The Bertz CT molecular complexity index is 2160. The summed E-state index contributed by atoms with van der Waals surface area (Å²) < 4.78 is 67.8. The minimum absolute atomic E-state index is 0.0642. The van der Waals surface area contributed by atoms with Gasteiger partial charge in [-0.2, -0.15) is 4.39 Å². The fourth-order valence-corrected chi connectivity index (χ4v) is 6.10. The third kappa shape index (κ3) is 6.63. The van der Waals surface area contributed by atoms with Crippen LogP contribution in [-0.4, -0.2) is 58.1 Å². The topological polar surface area (TPSA) is 58.0 Å². The van der Waals surface area contributed by atoms with Crippen LogP contribution in [0.25, 0.3) is 44.3 Å². The van der Waals surface area contributed by atoms with Crippen molar-refractivity contribution in [1.82, 2.24) is 24.8 Å². The van der Waals surface area contributed by atoms with Crippen LogP contribution in [-0.2, 0) is 0 Å². The summed E-state index contributed by atoms with van der Waals surface area (Å²) in [5.74, 6) is -2.61. The summed E-state index contributed by atoms with van der Waals surface area (Å²) in [4.78, 5) is 21.3. The Balaban J connectivity index is 0.000000173. The molecule has 1 aliphatic rings. The third-order valence-corrected chi connectivity index (χ3v) is 9.14. The molecule has 0 radical (unpaired) electrons. The lowest BCUT2D eigenvalue weighted by atomic mass is 10.0. The quantitative estimate of drug-likeness (QED) is 0.136. The molecule has 1 fully saturated rings. The third-order valence-electron chi connectivity index (χ3n) is 8.19. The number of nitrogens with zero attached hydrogens (tertiary/aromatic N) is 6. The fraction of sp³-hybridized carbons (Fsp3) is 0.200. The average molecular weight is 698 g/mol. The van der Waals surface area contributed by atoms with E-state index in [0.29, 0.717) is 28.1 Å². The first kappa shape index (κ1) is 33.5. The Kier molecular flexibility index (Phi) is 9.46. The average Bonchev–Trinajstić information content (AvgIpc) is 3.05. The Hall–Kier alpha value is -4.45. The maximum atomic E-state index is 14.1. The molecule has 13 heteroatoms. The highest BCUT2D eigenvalue weighted by Crippen LogP contribution is 2.36. The van der Waals surface area contributed by atoms with E-state index in [-0.39, 0.29) is 31.9 Å². The normalized spacial score (nSPS) is 13.6. The Morgan fingerprint density at radius 2 is 1.10 bits per heavy atom. The molecule has 1 saturated heterocycles. The fourth-order valence-electron chi connectivity index (χ4n) is 5.55. The maximum absolute atomic E-state index is 14.1. The van der Waals surface area contributed by atoms with Crippen LogP contribution >= 0.6 is 23.2 Å².